The lowest BCUT2D eigenvalue weighted by atomic mass is 9.69. The van der Waals surface area contributed by atoms with E-state index in [1.807, 2.05) is 13.8 Å². The Hall–Kier alpha value is 0.270. The van der Waals surface area contributed by atoms with E-state index >= 15 is 0 Å². The van der Waals surface area contributed by atoms with Gasteiger partial charge in [-0.3, -0.25) is 0 Å². The third kappa shape index (κ3) is 3.36. The van der Waals surface area contributed by atoms with E-state index in [0.717, 1.165) is 11.8 Å². The Morgan fingerprint density at radius 3 is 2.13 bits per heavy atom. The summed E-state index contributed by atoms with van der Waals surface area (Å²) in [4.78, 5) is 0. The molecule has 0 nitrogen and oxygen atoms in total. The van der Waals surface area contributed by atoms with Crippen molar-refractivity contribution in [1.29, 1.82) is 0 Å². The Bertz CT molecular complexity index is 210. The van der Waals surface area contributed by atoms with Crippen LogP contribution in [0, 0.1) is 17.3 Å². The van der Waals surface area contributed by atoms with Gasteiger partial charge in [-0.2, -0.15) is 13.2 Å². The van der Waals surface area contributed by atoms with Crippen molar-refractivity contribution in [3.8, 4) is 0 Å². The molecule has 1 aliphatic carbocycles. The summed E-state index contributed by atoms with van der Waals surface area (Å²) in [7, 11) is 0. The van der Waals surface area contributed by atoms with E-state index in [0.29, 0.717) is 19.3 Å². The molecule has 90 valence electrons. The number of alkyl halides is 4. The van der Waals surface area contributed by atoms with E-state index < -0.39 is 12.1 Å². The Balaban J connectivity index is 2.64. The zero-order chi connectivity index (χ0) is 11.7. The maximum atomic E-state index is 12.6. The smallest absolute Gasteiger partial charge is 0.171 e. The first-order chi connectivity index (χ1) is 6.77. The number of hydrogen-bond acceptors (Lipinski definition) is 0. The highest BCUT2D eigenvalue weighted by Gasteiger charge is 2.44. The van der Waals surface area contributed by atoms with Crippen molar-refractivity contribution in [2.45, 2.75) is 45.7 Å². The fourth-order valence-electron chi connectivity index (χ4n) is 2.31. The van der Waals surface area contributed by atoms with Gasteiger partial charge in [0.1, 0.15) is 0 Å². The molecular weight excluding hydrogens is 269 g/mol. The third-order valence-electron chi connectivity index (χ3n) is 3.59. The Morgan fingerprint density at radius 2 is 1.67 bits per heavy atom. The van der Waals surface area contributed by atoms with Gasteiger partial charge in [0.2, 0.25) is 0 Å². The molecular formula is C11H18BrF3. The van der Waals surface area contributed by atoms with E-state index in [2.05, 4.69) is 15.9 Å². The molecule has 4 heteroatoms. The van der Waals surface area contributed by atoms with Crippen molar-refractivity contribution < 1.29 is 13.2 Å². The van der Waals surface area contributed by atoms with Crippen molar-refractivity contribution in [2.75, 3.05) is 5.33 Å². The highest BCUT2D eigenvalue weighted by atomic mass is 79.9. The number of rotatable bonds is 2. The van der Waals surface area contributed by atoms with Crippen LogP contribution in [0.25, 0.3) is 0 Å². The standard InChI is InChI=1S/C11H18BrF3/c1-10(2,7-12)8-4-3-5-9(6-8)11(13,14)15/h8-9H,3-7H2,1-2H3. The molecule has 0 N–H and O–H groups in total. The predicted molar refractivity (Wildman–Crippen MR) is 59.1 cm³/mol. The first-order valence-electron chi connectivity index (χ1n) is 5.40. The lowest BCUT2D eigenvalue weighted by molar-refractivity contribution is -0.188. The van der Waals surface area contributed by atoms with Gasteiger partial charge in [-0.1, -0.05) is 36.2 Å². The normalized spacial score (nSPS) is 29.2. The van der Waals surface area contributed by atoms with Crippen LogP contribution in [0.1, 0.15) is 39.5 Å². The summed E-state index contributed by atoms with van der Waals surface area (Å²) in [5, 5.41) is 0.773. The van der Waals surface area contributed by atoms with E-state index in [-0.39, 0.29) is 11.3 Å². The van der Waals surface area contributed by atoms with Gasteiger partial charge in [0.05, 0.1) is 5.92 Å². The summed E-state index contributed by atoms with van der Waals surface area (Å²) in [6.45, 7) is 4.09. The van der Waals surface area contributed by atoms with Crippen LogP contribution >= 0.6 is 15.9 Å². The Kier molecular flexibility index (Phi) is 4.13. The van der Waals surface area contributed by atoms with Crippen LogP contribution in [0.3, 0.4) is 0 Å². The van der Waals surface area contributed by atoms with Crippen molar-refractivity contribution in [3.05, 3.63) is 0 Å². The molecule has 0 aromatic rings. The molecule has 0 aromatic heterocycles. The van der Waals surface area contributed by atoms with Crippen LogP contribution in [-0.4, -0.2) is 11.5 Å². The summed E-state index contributed by atoms with van der Waals surface area (Å²) >= 11 is 3.40. The molecule has 0 aromatic carbocycles. The summed E-state index contributed by atoms with van der Waals surface area (Å²) in [5.74, 6) is -0.883. The molecule has 0 radical (unpaired) electrons. The average Bonchev–Trinajstić information content (AvgIpc) is 2.17. The molecule has 0 amide bonds. The first-order valence-corrected chi connectivity index (χ1v) is 6.52. The molecule has 1 saturated carbocycles. The van der Waals surface area contributed by atoms with Crippen molar-refractivity contribution >= 4 is 15.9 Å². The molecule has 15 heavy (non-hydrogen) atoms. The van der Waals surface area contributed by atoms with Crippen LogP contribution in [-0.2, 0) is 0 Å². The molecule has 1 rings (SSSR count). The van der Waals surface area contributed by atoms with Crippen molar-refractivity contribution in [2.24, 2.45) is 17.3 Å². The van der Waals surface area contributed by atoms with Gasteiger partial charge >= 0.3 is 6.18 Å². The summed E-state index contributed by atoms with van der Waals surface area (Å²) < 4.78 is 37.8. The molecule has 0 aliphatic heterocycles. The summed E-state index contributed by atoms with van der Waals surface area (Å²) in [6.07, 6.45) is -1.72. The van der Waals surface area contributed by atoms with Crippen LogP contribution in [0.15, 0.2) is 0 Å². The van der Waals surface area contributed by atoms with E-state index in [4.69, 9.17) is 0 Å². The van der Waals surface area contributed by atoms with Gasteiger partial charge in [-0.15, -0.1) is 0 Å². The third-order valence-corrected chi connectivity index (χ3v) is 5.03. The quantitative estimate of drug-likeness (QED) is 0.641. The van der Waals surface area contributed by atoms with Crippen molar-refractivity contribution in [3.63, 3.8) is 0 Å². The molecule has 0 spiro atoms. The monoisotopic (exact) mass is 286 g/mol. The topological polar surface area (TPSA) is 0 Å². The Labute approximate surface area is 97.7 Å². The largest absolute Gasteiger partial charge is 0.391 e. The minimum atomic E-state index is -4.00. The summed E-state index contributed by atoms with van der Waals surface area (Å²) in [6, 6.07) is 0. The number of hydrogen-bond donors (Lipinski definition) is 0. The van der Waals surface area contributed by atoms with Gasteiger partial charge in [0.25, 0.3) is 0 Å². The highest BCUT2D eigenvalue weighted by Crippen LogP contribution is 2.46. The van der Waals surface area contributed by atoms with E-state index in [1.165, 1.54) is 0 Å². The minimum absolute atomic E-state index is 0.0239. The molecule has 1 aliphatic rings. The van der Waals surface area contributed by atoms with Gasteiger partial charge in [-0.25, -0.2) is 0 Å². The predicted octanol–water partition coefficient (Wildman–Crippen LogP) is 4.78. The fourth-order valence-corrected chi connectivity index (χ4v) is 2.76. The second kappa shape index (κ2) is 4.64. The molecule has 2 unspecified atom stereocenters. The first kappa shape index (κ1) is 13.3. The van der Waals surface area contributed by atoms with Gasteiger partial charge < -0.3 is 0 Å². The van der Waals surface area contributed by atoms with Gasteiger partial charge in [0.15, 0.2) is 0 Å². The maximum Gasteiger partial charge on any atom is 0.391 e. The summed E-state index contributed by atoms with van der Waals surface area (Å²) in [5.41, 5.74) is -0.0239. The second-order valence-electron chi connectivity index (χ2n) is 5.22. The maximum absolute atomic E-state index is 12.6. The zero-order valence-corrected chi connectivity index (χ0v) is 10.8. The number of halogens is 4. The minimum Gasteiger partial charge on any atom is -0.171 e. The molecule has 2 atom stereocenters. The lowest BCUT2D eigenvalue weighted by Gasteiger charge is -2.39. The van der Waals surface area contributed by atoms with E-state index in [9.17, 15) is 13.2 Å². The lowest BCUT2D eigenvalue weighted by Crippen LogP contribution is -2.35. The van der Waals surface area contributed by atoms with Gasteiger partial charge in [-0.05, 0) is 30.6 Å². The Morgan fingerprint density at radius 1 is 1.13 bits per heavy atom. The SMILES string of the molecule is CC(C)(CBr)C1CCCC(C(F)(F)F)C1. The molecule has 0 saturated heterocycles. The fraction of sp³-hybridized carbons (Fsp3) is 1.00. The molecule has 0 heterocycles. The van der Waals surface area contributed by atoms with Gasteiger partial charge in [0, 0.05) is 5.33 Å². The average molecular weight is 287 g/mol. The molecule has 1 fully saturated rings. The van der Waals surface area contributed by atoms with Crippen LogP contribution < -0.4 is 0 Å². The van der Waals surface area contributed by atoms with Crippen LogP contribution in [0.4, 0.5) is 13.2 Å². The van der Waals surface area contributed by atoms with Crippen LogP contribution in [0.2, 0.25) is 0 Å². The second-order valence-corrected chi connectivity index (χ2v) is 5.79. The van der Waals surface area contributed by atoms with Crippen LogP contribution in [0.5, 0.6) is 0 Å². The molecule has 0 bridgehead atoms. The highest BCUT2D eigenvalue weighted by molar-refractivity contribution is 9.09. The van der Waals surface area contributed by atoms with E-state index in [1.54, 1.807) is 0 Å². The van der Waals surface area contributed by atoms with Crippen molar-refractivity contribution in [1.82, 2.24) is 0 Å². The zero-order valence-electron chi connectivity index (χ0n) is 9.20.